The van der Waals surface area contributed by atoms with Crippen LogP contribution in [0.15, 0.2) is 18.2 Å². The van der Waals surface area contributed by atoms with Crippen LogP contribution in [0.2, 0.25) is 0 Å². The fourth-order valence-electron chi connectivity index (χ4n) is 3.67. The summed E-state index contributed by atoms with van der Waals surface area (Å²) in [5, 5.41) is 0. The maximum absolute atomic E-state index is 13.6. The molecule has 2 saturated heterocycles. The lowest BCUT2D eigenvalue weighted by molar-refractivity contribution is -0.0419. The number of rotatable bonds is 2. The van der Waals surface area contributed by atoms with Crippen molar-refractivity contribution in [1.29, 1.82) is 0 Å². The van der Waals surface area contributed by atoms with Crippen molar-refractivity contribution >= 4 is 5.91 Å². The van der Waals surface area contributed by atoms with Crippen molar-refractivity contribution < 1.29 is 13.9 Å². The highest BCUT2D eigenvalue weighted by Crippen LogP contribution is 2.29. The van der Waals surface area contributed by atoms with Gasteiger partial charge >= 0.3 is 0 Å². The summed E-state index contributed by atoms with van der Waals surface area (Å²) in [6, 6.07) is 4.93. The van der Waals surface area contributed by atoms with E-state index in [0.717, 1.165) is 32.3 Å². The number of hydrogen-bond donors (Lipinski definition) is 1. The largest absolute Gasteiger partial charge is 0.378 e. The van der Waals surface area contributed by atoms with Gasteiger partial charge in [-0.15, -0.1) is 0 Å². The van der Waals surface area contributed by atoms with Gasteiger partial charge in [0.05, 0.1) is 6.10 Å². The van der Waals surface area contributed by atoms with E-state index in [2.05, 4.69) is 0 Å². The third-order valence-electron chi connectivity index (χ3n) is 5.21. The van der Waals surface area contributed by atoms with Gasteiger partial charge in [0.15, 0.2) is 0 Å². The summed E-state index contributed by atoms with van der Waals surface area (Å²) in [6.07, 6.45) is 3.94. The minimum atomic E-state index is -0.324. The summed E-state index contributed by atoms with van der Waals surface area (Å²) in [4.78, 5) is 14.5. The zero-order valence-electron chi connectivity index (χ0n) is 13.6. The van der Waals surface area contributed by atoms with Gasteiger partial charge in [-0.3, -0.25) is 4.79 Å². The van der Waals surface area contributed by atoms with Gasteiger partial charge in [0.2, 0.25) is 0 Å². The van der Waals surface area contributed by atoms with Gasteiger partial charge in [0.25, 0.3) is 5.91 Å². The molecule has 0 aromatic heterocycles. The van der Waals surface area contributed by atoms with E-state index in [-0.39, 0.29) is 23.9 Å². The maximum atomic E-state index is 13.6. The van der Waals surface area contributed by atoms with E-state index in [1.807, 2.05) is 4.90 Å². The zero-order chi connectivity index (χ0) is 16.4. The fraction of sp³-hybridized carbons (Fsp3) is 0.611. The average molecular weight is 320 g/mol. The van der Waals surface area contributed by atoms with Crippen LogP contribution in [0.1, 0.15) is 41.6 Å². The first-order valence-corrected chi connectivity index (χ1v) is 8.48. The van der Waals surface area contributed by atoms with Crippen LogP contribution in [0.5, 0.6) is 0 Å². The summed E-state index contributed by atoms with van der Waals surface area (Å²) in [7, 11) is 0. The van der Waals surface area contributed by atoms with Crippen LogP contribution in [0.4, 0.5) is 4.39 Å². The molecule has 3 rings (SSSR count). The Labute approximate surface area is 136 Å². The van der Waals surface area contributed by atoms with Crippen molar-refractivity contribution in [2.75, 3.05) is 19.7 Å². The maximum Gasteiger partial charge on any atom is 0.254 e. The summed E-state index contributed by atoms with van der Waals surface area (Å²) >= 11 is 0. The predicted molar refractivity (Wildman–Crippen MR) is 86.7 cm³/mol. The van der Waals surface area contributed by atoms with Crippen LogP contribution in [0.25, 0.3) is 0 Å². The van der Waals surface area contributed by atoms with Gasteiger partial charge in [-0.1, -0.05) is 6.07 Å². The Morgan fingerprint density at radius 3 is 2.74 bits per heavy atom. The summed E-state index contributed by atoms with van der Waals surface area (Å²) in [6.45, 7) is 3.81. The summed E-state index contributed by atoms with van der Waals surface area (Å²) < 4.78 is 19.5. The molecule has 2 atom stereocenters. The number of benzene rings is 1. The van der Waals surface area contributed by atoms with Gasteiger partial charge in [0, 0.05) is 31.3 Å². The van der Waals surface area contributed by atoms with Crippen molar-refractivity contribution in [3.05, 3.63) is 35.1 Å². The first-order chi connectivity index (χ1) is 11.1. The van der Waals surface area contributed by atoms with Gasteiger partial charge in [0.1, 0.15) is 5.82 Å². The van der Waals surface area contributed by atoms with Crippen molar-refractivity contribution in [2.24, 2.45) is 11.7 Å². The lowest BCUT2D eigenvalue weighted by atomic mass is 9.86. The highest BCUT2D eigenvalue weighted by Gasteiger charge is 2.32. The molecule has 0 bridgehead atoms. The number of piperidine rings is 1. The van der Waals surface area contributed by atoms with Crippen LogP contribution >= 0.6 is 0 Å². The average Bonchev–Trinajstić information content (AvgIpc) is 2.57. The topological polar surface area (TPSA) is 55.6 Å². The lowest BCUT2D eigenvalue weighted by Gasteiger charge is -2.38. The van der Waals surface area contributed by atoms with Crippen molar-refractivity contribution in [1.82, 2.24) is 4.90 Å². The molecule has 4 nitrogen and oxygen atoms in total. The van der Waals surface area contributed by atoms with E-state index in [1.54, 1.807) is 19.1 Å². The SMILES string of the molecule is Cc1c(F)cccc1C(=O)N1CCC(C2CC(N)CCO2)CC1. The van der Waals surface area contributed by atoms with E-state index in [1.165, 1.54) is 6.07 Å². The molecular formula is C18H25FN2O2. The molecule has 0 saturated carbocycles. The number of nitrogens with zero attached hydrogens (tertiary/aromatic N) is 1. The Balaban J connectivity index is 1.60. The van der Waals surface area contributed by atoms with E-state index >= 15 is 0 Å². The number of likely N-dealkylation sites (tertiary alicyclic amines) is 1. The first kappa shape index (κ1) is 16.4. The molecule has 1 amide bonds. The minimum absolute atomic E-state index is 0.0679. The quantitative estimate of drug-likeness (QED) is 0.911. The lowest BCUT2D eigenvalue weighted by Crippen LogP contribution is -2.45. The van der Waals surface area contributed by atoms with Gasteiger partial charge in [-0.25, -0.2) is 4.39 Å². The van der Waals surface area contributed by atoms with Gasteiger partial charge in [-0.05, 0) is 56.2 Å². The van der Waals surface area contributed by atoms with Gasteiger partial charge in [-0.2, -0.15) is 0 Å². The molecule has 0 radical (unpaired) electrons. The molecule has 2 fully saturated rings. The standard InChI is InChI=1S/C18H25FN2O2/c1-12-15(3-2-4-16(12)19)18(22)21-8-5-13(6-9-21)17-11-14(20)7-10-23-17/h2-4,13-14,17H,5-11,20H2,1H3. The van der Waals surface area contributed by atoms with Crippen LogP contribution in [0.3, 0.4) is 0 Å². The molecule has 2 N–H and O–H groups in total. The molecule has 2 aliphatic heterocycles. The number of nitrogens with two attached hydrogens (primary N) is 1. The van der Waals surface area contributed by atoms with Crippen LogP contribution < -0.4 is 5.73 Å². The number of amides is 1. The molecule has 2 aliphatic rings. The Morgan fingerprint density at radius 2 is 2.04 bits per heavy atom. The van der Waals surface area contributed by atoms with Crippen molar-refractivity contribution in [3.8, 4) is 0 Å². The Morgan fingerprint density at radius 1 is 1.30 bits per heavy atom. The van der Waals surface area contributed by atoms with E-state index in [4.69, 9.17) is 10.5 Å². The summed E-state index contributed by atoms with van der Waals surface area (Å²) in [5.74, 6) is 0.0797. The highest BCUT2D eigenvalue weighted by atomic mass is 19.1. The third kappa shape index (κ3) is 3.56. The number of halogens is 1. The van der Waals surface area contributed by atoms with E-state index in [0.29, 0.717) is 30.1 Å². The smallest absolute Gasteiger partial charge is 0.254 e. The molecule has 0 aliphatic carbocycles. The van der Waals surface area contributed by atoms with Crippen LogP contribution in [0, 0.1) is 18.7 Å². The van der Waals surface area contributed by atoms with Gasteiger partial charge < -0.3 is 15.4 Å². The second kappa shape index (κ2) is 6.97. The van der Waals surface area contributed by atoms with Crippen LogP contribution in [-0.2, 0) is 4.74 Å². The normalized spacial score (nSPS) is 26.3. The first-order valence-electron chi connectivity index (χ1n) is 8.48. The number of carbonyl (C=O) groups is 1. The third-order valence-corrected chi connectivity index (χ3v) is 5.21. The number of ether oxygens (including phenoxy) is 1. The number of hydrogen-bond acceptors (Lipinski definition) is 3. The molecule has 1 aromatic carbocycles. The second-order valence-electron chi connectivity index (χ2n) is 6.74. The predicted octanol–water partition coefficient (Wildman–Crippen LogP) is 2.49. The van der Waals surface area contributed by atoms with Crippen LogP contribution in [-0.4, -0.2) is 42.6 Å². The molecule has 2 unspecified atom stereocenters. The molecule has 5 heteroatoms. The molecule has 0 spiro atoms. The minimum Gasteiger partial charge on any atom is -0.378 e. The van der Waals surface area contributed by atoms with Crippen molar-refractivity contribution in [2.45, 2.75) is 44.8 Å². The zero-order valence-corrected chi connectivity index (χ0v) is 13.6. The van der Waals surface area contributed by atoms with E-state index < -0.39 is 0 Å². The van der Waals surface area contributed by atoms with E-state index in [9.17, 15) is 9.18 Å². The molecule has 1 aromatic rings. The second-order valence-corrected chi connectivity index (χ2v) is 6.74. The Kier molecular flexibility index (Phi) is 4.97. The molecule has 2 heterocycles. The molecular weight excluding hydrogens is 295 g/mol. The monoisotopic (exact) mass is 320 g/mol. The molecule has 23 heavy (non-hydrogen) atoms. The van der Waals surface area contributed by atoms with Crippen molar-refractivity contribution in [3.63, 3.8) is 0 Å². The Hall–Kier alpha value is -1.46. The Bertz CT molecular complexity index is 570. The highest BCUT2D eigenvalue weighted by molar-refractivity contribution is 5.95. The number of carbonyl (C=O) groups excluding carboxylic acids is 1. The fourth-order valence-corrected chi connectivity index (χ4v) is 3.67. The summed E-state index contributed by atoms with van der Waals surface area (Å²) in [5.41, 5.74) is 6.94. The molecule has 126 valence electrons.